The molecule has 0 aliphatic carbocycles. The molecule has 2 aromatic rings. The fraction of sp³-hybridized carbons (Fsp3) is 0.250. The number of nitrogens with one attached hydrogen (secondary N) is 1. The second-order valence-electron chi connectivity index (χ2n) is 5.02. The van der Waals surface area contributed by atoms with Crippen LogP contribution in [0.1, 0.15) is 25.3 Å². The van der Waals surface area contributed by atoms with Gasteiger partial charge in [0.1, 0.15) is 0 Å². The average molecular weight is 289 g/mol. The lowest BCUT2D eigenvalue weighted by atomic mass is 9.97. The first-order valence-corrected chi connectivity index (χ1v) is 8.06. The molecule has 0 fully saturated rings. The van der Waals surface area contributed by atoms with Crippen LogP contribution in [-0.4, -0.2) is 15.5 Å². The fourth-order valence-corrected chi connectivity index (χ4v) is 2.81. The van der Waals surface area contributed by atoms with Gasteiger partial charge in [-0.15, -0.1) is 0 Å². The van der Waals surface area contributed by atoms with Crippen LogP contribution in [0.4, 0.5) is 0 Å². The maximum Gasteiger partial charge on any atom is 0.240 e. The highest BCUT2D eigenvalue weighted by molar-refractivity contribution is 7.89. The molecule has 0 saturated carbocycles. The molecule has 0 aromatic heterocycles. The van der Waals surface area contributed by atoms with Crippen molar-refractivity contribution < 1.29 is 8.42 Å². The van der Waals surface area contributed by atoms with Crippen LogP contribution in [-0.2, 0) is 10.0 Å². The average Bonchev–Trinajstić information content (AvgIpc) is 2.47. The smallest absolute Gasteiger partial charge is 0.214 e. The van der Waals surface area contributed by atoms with Gasteiger partial charge in [0.25, 0.3) is 0 Å². The van der Waals surface area contributed by atoms with Crippen molar-refractivity contribution in [1.82, 2.24) is 4.72 Å². The van der Waals surface area contributed by atoms with Crippen molar-refractivity contribution in [1.29, 1.82) is 0 Å². The summed E-state index contributed by atoms with van der Waals surface area (Å²) in [4.78, 5) is 0.285. The van der Waals surface area contributed by atoms with E-state index in [4.69, 9.17) is 0 Å². The van der Waals surface area contributed by atoms with Crippen LogP contribution in [0.5, 0.6) is 0 Å². The highest BCUT2D eigenvalue weighted by Crippen LogP contribution is 2.25. The molecule has 2 rings (SSSR count). The molecule has 20 heavy (non-hydrogen) atoms. The largest absolute Gasteiger partial charge is 0.240 e. The molecular formula is C16H19NO2S. The topological polar surface area (TPSA) is 46.2 Å². The van der Waals surface area contributed by atoms with Gasteiger partial charge in [-0.2, -0.15) is 0 Å². The molecule has 0 atom stereocenters. The van der Waals surface area contributed by atoms with Gasteiger partial charge in [0.2, 0.25) is 10.0 Å². The number of hydrogen-bond acceptors (Lipinski definition) is 2. The lowest BCUT2D eigenvalue weighted by Crippen LogP contribution is -2.18. The molecule has 0 amide bonds. The van der Waals surface area contributed by atoms with E-state index in [1.807, 2.05) is 18.2 Å². The standard InChI is InChI=1S/C16H19NO2S/c1-12(2)13-6-4-7-14(10-13)15-8-5-9-16(11-15)20(18,19)17-3/h4-12,17H,1-3H3. The van der Waals surface area contributed by atoms with Crippen molar-refractivity contribution >= 4 is 10.0 Å². The summed E-state index contributed by atoms with van der Waals surface area (Å²) in [7, 11) is -1.99. The van der Waals surface area contributed by atoms with Gasteiger partial charge in [-0.3, -0.25) is 0 Å². The molecule has 0 saturated heterocycles. The molecule has 106 valence electrons. The van der Waals surface area contributed by atoms with Crippen molar-refractivity contribution in [2.75, 3.05) is 7.05 Å². The Morgan fingerprint density at radius 3 is 2.15 bits per heavy atom. The number of rotatable bonds is 4. The Morgan fingerprint density at radius 2 is 1.55 bits per heavy atom. The van der Waals surface area contributed by atoms with E-state index in [0.717, 1.165) is 11.1 Å². The predicted octanol–water partition coefficient (Wildman–Crippen LogP) is 3.39. The van der Waals surface area contributed by atoms with Crippen LogP contribution in [0.3, 0.4) is 0 Å². The van der Waals surface area contributed by atoms with Crippen LogP contribution in [0, 0.1) is 0 Å². The Morgan fingerprint density at radius 1 is 0.950 bits per heavy atom. The van der Waals surface area contributed by atoms with Crippen LogP contribution >= 0.6 is 0 Å². The highest BCUT2D eigenvalue weighted by atomic mass is 32.2. The van der Waals surface area contributed by atoms with Gasteiger partial charge >= 0.3 is 0 Å². The maximum atomic E-state index is 11.8. The second kappa shape index (κ2) is 5.77. The highest BCUT2D eigenvalue weighted by Gasteiger charge is 2.12. The zero-order valence-electron chi connectivity index (χ0n) is 11.9. The van der Waals surface area contributed by atoms with Crippen molar-refractivity contribution in [3.8, 4) is 11.1 Å². The minimum Gasteiger partial charge on any atom is -0.214 e. The minimum atomic E-state index is -3.41. The predicted molar refractivity (Wildman–Crippen MR) is 82.2 cm³/mol. The van der Waals surface area contributed by atoms with Gasteiger partial charge in [0.15, 0.2) is 0 Å². The fourth-order valence-electron chi connectivity index (χ4n) is 2.04. The van der Waals surface area contributed by atoms with E-state index in [9.17, 15) is 8.42 Å². The summed E-state index contributed by atoms with van der Waals surface area (Å²) in [5, 5.41) is 0. The van der Waals surface area contributed by atoms with E-state index in [2.05, 4.69) is 30.7 Å². The van der Waals surface area contributed by atoms with Gasteiger partial charge in [-0.05, 0) is 41.8 Å². The Balaban J connectivity index is 2.49. The van der Waals surface area contributed by atoms with Crippen molar-refractivity contribution in [2.24, 2.45) is 0 Å². The molecule has 0 heterocycles. The summed E-state index contributed by atoms with van der Waals surface area (Å²) in [5.74, 6) is 0.444. The molecule has 0 spiro atoms. The quantitative estimate of drug-likeness (QED) is 0.938. The van der Waals surface area contributed by atoms with Crippen LogP contribution in [0.25, 0.3) is 11.1 Å². The lowest BCUT2D eigenvalue weighted by Gasteiger charge is -2.09. The minimum absolute atomic E-state index is 0.285. The van der Waals surface area contributed by atoms with E-state index >= 15 is 0 Å². The molecule has 0 radical (unpaired) electrons. The van der Waals surface area contributed by atoms with Crippen molar-refractivity contribution in [3.05, 3.63) is 54.1 Å². The third kappa shape index (κ3) is 3.08. The van der Waals surface area contributed by atoms with Crippen molar-refractivity contribution in [2.45, 2.75) is 24.7 Å². The van der Waals surface area contributed by atoms with E-state index in [1.165, 1.54) is 12.6 Å². The third-order valence-electron chi connectivity index (χ3n) is 3.30. The summed E-state index contributed by atoms with van der Waals surface area (Å²) in [6.45, 7) is 4.28. The summed E-state index contributed by atoms with van der Waals surface area (Å²) >= 11 is 0. The first-order valence-electron chi connectivity index (χ1n) is 6.58. The van der Waals surface area contributed by atoms with Gasteiger partial charge in [-0.25, -0.2) is 13.1 Å². The molecule has 4 heteroatoms. The van der Waals surface area contributed by atoms with Crippen LogP contribution in [0.2, 0.25) is 0 Å². The molecule has 1 N–H and O–H groups in total. The number of sulfonamides is 1. The summed E-state index contributed by atoms with van der Waals surface area (Å²) in [5.41, 5.74) is 3.18. The van der Waals surface area contributed by atoms with Crippen molar-refractivity contribution in [3.63, 3.8) is 0 Å². The van der Waals surface area contributed by atoms with E-state index in [1.54, 1.807) is 18.2 Å². The second-order valence-corrected chi connectivity index (χ2v) is 6.90. The zero-order valence-corrected chi connectivity index (χ0v) is 12.7. The molecule has 0 aliphatic heterocycles. The number of hydrogen-bond donors (Lipinski definition) is 1. The molecule has 3 nitrogen and oxygen atoms in total. The van der Waals surface area contributed by atoms with Gasteiger partial charge < -0.3 is 0 Å². The first-order chi connectivity index (χ1) is 9.44. The molecule has 2 aromatic carbocycles. The Bertz CT molecular complexity index is 706. The van der Waals surface area contributed by atoms with E-state index < -0.39 is 10.0 Å². The zero-order chi connectivity index (χ0) is 14.8. The molecular weight excluding hydrogens is 270 g/mol. The molecule has 0 unspecified atom stereocenters. The van der Waals surface area contributed by atoms with Gasteiger partial charge in [0, 0.05) is 0 Å². The monoisotopic (exact) mass is 289 g/mol. The normalized spacial score (nSPS) is 11.8. The first kappa shape index (κ1) is 14.8. The Hall–Kier alpha value is -1.65. The number of benzene rings is 2. The van der Waals surface area contributed by atoms with E-state index in [0.29, 0.717) is 5.92 Å². The van der Waals surface area contributed by atoms with Gasteiger partial charge in [0.05, 0.1) is 4.90 Å². The summed E-state index contributed by atoms with van der Waals surface area (Å²) in [6, 6.07) is 15.2. The third-order valence-corrected chi connectivity index (χ3v) is 4.71. The maximum absolute atomic E-state index is 11.8. The van der Waals surface area contributed by atoms with Gasteiger partial charge in [-0.1, -0.05) is 50.2 Å². The van der Waals surface area contributed by atoms with Crippen LogP contribution < -0.4 is 4.72 Å². The van der Waals surface area contributed by atoms with E-state index in [-0.39, 0.29) is 4.90 Å². The van der Waals surface area contributed by atoms with Crippen LogP contribution in [0.15, 0.2) is 53.4 Å². The Kier molecular flexibility index (Phi) is 4.26. The molecule has 0 aliphatic rings. The molecule has 0 bridgehead atoms. The SMILES string of the molecule is CNS(=O)(=O)c1cccc(-c2cccc(C(C)C)c2)c1. The summed E-state index contributed by atoms with van der Waals surface area (Å²) in [6.07, 6.45) is 0. The summed E-state index contributed by atoms with van der Waals surface area (Å²) < 4.78 is 26.0. The Labute approximate surface area is 120 Å². The lowest BCUT2D eigenvalue weighted by molar-refractivity contribution is 0.588.